The third kappa shape index (κ3) is 12.5. The molecule has 19 aromatic carbocycles. The molecule has 2 aliphatic heterocycles. The van der Waals surface area contributed by atoms with Gasteiger partial charge in [-0.15, -0.1) is 0 Å². The Morgan fingerprint density at radius 1 is 0.188 bits per heavy atom. The quantitative estimate of drug-likeness (QED) is 0.106. The molecule has 6 heterocycles. The van der Waals surface area contributed by atoms with Crippen molar-refractivity contribution in [3.8, 4) is 147 Å². The second-order valence-corrected chi connectivity index (χ2v) is 32.7. The van der Waals surface area contributed by atoms with Gasteiger partial charge < -0.3 is 23.8 Å². The van der Waals surface area contributed by atoms with Crippen LogP contribution in [0, 0.1) is 0 Å². The van der Waals surface area contributed by atoms with Gasteiger partial charge in [0.1, 0.15) is 5.82 Å². The molecule has 0 spiro atoms. The predicted octanol–water partition coefficient (Wildman–Crippen LogP) is 31.6. The summed E-state index contributed by atoms with van der Waals surface area (Å²) in [6, 6.07) is 160. The molecule has 23 aromatic rings. The Bertz CT molecular complexity index is 8370. The van der Waals surface area contributed by atoms with E-state index in [4.69, 9.17) is 29.4 Å². The smallest absolute Gasteiger partial charge is 0.162 e. The molecule has 4 aromatic heterocycles. The van der Waals surface area contributed by atoms with E-state index in [2.05, 4.69) is 438 Å². The van der Waals surface area contributed by atoms with Gasteiger partial charge in [0.25, 0.3) is 0 Å². The molecule has 25 rings (SSSR count). The Morgan fingerprint density at radius 3 is 1.13 bits per heavy atom. The number of fused-ring (bicyclic) bond motifs is 14. The van der Waals surface area contributed by atoms with E-state index in [0.717, 1.165) is 213 Å². The van der Waals surface area contributed by atoms with Gasteiger partial charge in [-0.2, -0.15) is 0 Å². The highest BCUT2D eigenvalue weighted by Gasteiger charge is 2.32. The number of nitrogens with zero attached hydrogens (tertiary/aromatic N) is 8. The molecule has 128 heavy (non-hydrogen) atoms. The second-order valence-electron chi connectivity index (χ2n) is 32.7. The number of ether oxygens (including phenoxy) is 2. The van der Waals surface area contributed by atoms with E-state index in [0.29, 0.717) is 11.6 Å². The fourth-order valence-corrected chi connectivity index (χ4v) is 19.4. The van der Waals surface area contributed by atoms with E-state index in [-0.39, 0.29) is 0 Å². The van der Waals surface area contributed by atoms with Gasteiger partial charge in [0.05, 0.1) is 61.9 Å². The van der Waals surface area contributed by atoms with Gasteiger partial charge in [0.15, 0.2) is 34.6 Å². The summed E-state index contributed by atoms with van der Waals surface area (Å²) in [5.41, 5.74) is 29.3. The Kier molecular flexibility index (Phi) is 17.4. The molecule has 0 atom stereocenters. The first-order chi connectivity index (χ1) is 63.4. The maximum Gasteiger partial charge on any atom is 0.162 e. The van der Waals surface area contributed by atoms with Crippen LogP contribution < -0.4 is 19.3 Å². The minimum atomic E-state index is 0.607. The number of benzene rings is 19. The Balaban J connectivity index is 0.575. The molecule has 10 heteroatoms. The second kappa shape index (κ2) is 30.3. The summed E-state index contributed by atoms with van der Waals surface area (Å²) < 4.78 is 18.6. The summed E-state index contributed by atoms with van der Waals surface area (Å²) in [7, 11) is 0. The maximum atomic E-state index is 7.11. The standard InChI is InChI=1S/C118H74N8O2/c1-6-27-75(28-7-1)76-51-55-81(56-52-76)97-73-98(120-117(119-97)82-33-10-3-11-34-82)87-35-24-40-90(69-87)125-101-48-25-45-95(115(101)113-93-43-18-16-29-77(93)59-64-103(113)125)86-63-68-111-107(72-86)124(89-38-14-5-15-39-89)106-70-84(61-66-110(106)128-111)92-42-21-20-41-91(92)79-53-57-83(58-54-79)118-121-99(80-31-8-2-9-32-80)74-112(122-118)126-102-49-26-46-96(116(102)114-94-44-19-17-30-78(94)60-65-104(114)126)85-62-67-109-105(71-85)123(88-36-12-4-13-37-88)100-47-22-23-50-108(100)127-109/h1-74H. The average Bonchev–Trinajstić information content (AvgIpc) is 1.52. The lowest BCUT2D eigenvalue weighted by atomic mass is 9.93. The number of rotatable bonds is 14. The van der Waals surface area contributed by atoms with E-state index < -0.39 is 0 Å². The average molecular weight is 1640 g/mol. The van der Waals surface area contributed by atoms with Crippen LogP contribution in [0.5, 0.6) is 23.0 Å². The van der Waals surface area contributed by atoms with E-state index in [9.17, 15) is 0 Å². The van der Waals surface area contributed by atoms with Crippen molar-refractivity contribution in [1.82, 2.24) is 29.1 Å². The summed E-state index contributed by atoms with van der Waals surface area (Å²) in [5, 5.41) is 9.24. The third-order valence-corrected chi connectivity index (χ3v) is 25.3. The highest BCUT2D eigenvalue weighted by atomic mass is 16.5. The first-order valence-corrected chi connectivity index (χ1v) is 43.3. The first-order valence-electron chi connectivity index (χ1n) is 43.3. The normalized spacial score (nSPS) is 12.2. The van der Waals surface area contributed by atoms with E-state index in [1.807, 2.05) is 30.3 Å². The number of aromatic nitrogens is 6. The number of anilines is 6. The molecule has 0 aliphatic carbocycles. The lowest BCUT2D eigenvalue weighted by Crippen LogP contribution is -2.16. The largest absolute Gasteiger partial charge is 0.453 e. The van der Waals surface area contributed by atoms with Crippen molar-refractivity contribution in [2.24, 2.45) is 0 Å². The number of hydrogen-bond donors (Lipinski definition) is 0. The lowest BCUT2D eigenvalue weighted by molar-refractivity contribution is 0.477. The Labute approximate surface area is 738 Å². The van der Waals surface area contributed by atoms with E-state index in [1.165, 1.54) is 21.7 Å². The van der Waals surface area contributed by atoms with Gasteiger partial charge in [-0.05, 0) is 192 Å². The van der Waals surface area contributed by atoms with Gasteiger partial charge in [0.2, 0.25) is 0 Å². The first kappa shape index (κ1) is 73.4. The van der Waals surface area contributed by atoms with Crippen LogP contribution in [-0.2, 0) is 0 Å². The van der Waals surface area contributed by atoms with Crippen LogP contribution in [0.1, 0.15) is 0 Å². The van der Waals surface area contributed by atoms with Crippen LogP contribution in [0.25, 0.3) is 189 Å². The molecule has 598 valence electrons. The van der Waals surface area contributed by atoms with E-state index >= 15 is 0 Å². The third-order valence-electron chi connectivity index (χ3n) is 25.3. The zero-order valence-corrected chi connectivity index (χ0v) is 69.1. The zero-order valence-electron chi connectivity index (χ0n) is 69.1. The summed E-state index contributed by atoms with van der Waals surface area (Å²) in [6.45, 7) is 0. The van der Waals surface area contributed by atoms with Crippen molar-refractivity contribution in [2.75, 3.05) is 9.80 Å². The molecule has 0 fully saturated rings. The van der Waals surface area contributed by atoms with Gasteiger partial charge in [-0.1, -0.05) is 328 Å². The highest BCUT2D eigenvalue weighted by Crippen LogP contribution is 2.56. The molecule has 2 aliphatic rings. The van der Waals surface area contributed by atoms with Crippen LogP contribution in [-0.4, -0.2) is 29.1 Å². The Morgan fingerprint density at radius 2 is 0.547 bits per heavy atom. The molecule has 0 unspecified atom stereocenters. The van der Waals surface area contributed by atoms with Crippen LogP contribution >= 0.6 is 0 Å². The molecule has 10 nitrogen and oxygen atoms in total. The van der Waals surface area contributed by atoms with Crippen LogP contribution in [0.15, 0.2) is 449 Å². The molecule has 0 saturated heterocycles. The zero-order chi connectivity index (χ0) is 84.3. The van der Waals surface area contributed by atoms with Gasteiger partial charge in [0, 0.05) is 72.5 Å². The summed E-state index contributed by atoms with van der Waals surface area (Å²) in [4.78, 5) is 26.4. The van der Waals surface area contributed by atoms with Gasteiger partial charge in [-0.25, -0.2) is 19.9 Å². The van der Waals surface area contributed by atoms with Gasteiger partial charge >= 0.3 is 0 Å². The summed E-state index contributed by atoms with van der Waals surface area (Å²) in [5.74, 6) is 5.13. The molecular weight excluding hydrogens is 1560 g/mol. The maximum absolute atomic E-state index is 7.11. The van der Waals surface area contributed by atoms with Crippen molar-refractivity contribution in [2.45, 2.75) is 0 Å². The fourth-order valence-electron chi connectivity index (χ4n) is 19.4. The topological polar surface area (TPSA) is 86.4 Å². The van der Waals surface area contributed by atoms with Crippen LogP contribution in [0.4, 0.5) is 34.1 Å². The van der Waals surface area contributed by atoms with Crippen LogP contribution in [0.3, 0.4) is 0 Å². The minimum absolute atomic E-state index is 0.607. The van der Waals surface area contributed by atoms with Crippen LogP contribution in [0.2, 0.25) is 0 Å². The van der Waals surface area contributed by atoms with Gasteiger partial charge in [-0.3, -0.25) is 4.57 Å². The number of para-hydroxylation sites is 4. The SMILES string of the molecule is c1ccc(-c2ccc(-c3cc(-c4cccc(-n5c6cccc(-c7ccc8c(c7)N(c7ccccc7)c7cc(-c9ccccc9-c9ccc(-c%10nc(-c%11ccccc%11)cc(-n%11c%12cccc(-c%13ccc%14c(c%13)N(c%13ccccc%13)c%13ccccc%13O%14)c%12c%12c%13ccccc%13ccc%12%11)n%10)cc9)ccc7O8)c6c6c7ccccc7ccc65)c4)nc(-c4ccccc4)n3)cc2)cc1. The molecule has 0 radical (unpaired) electrons. The monoisotopic (exact) mass is 1630 g/mol. The minimum Gasteiger partial charge on any atom is -0.453 e. The Hall–Kier alpha value is -17.3. The molecular formula is C118H74N8O2. The molecule has 0 N–H and O–H groups in total. The fraction of sp³-hybridized carbons (Fsp3) is 0. The molecule has 0 amide bonds. The van der Waals surface area contributed by atoms with Crippen molar-refractivity contribution in [3.63, 3.8) is 0 Å². The van der Waals surface area contributed by atoms with Crippen molar-refractivity contribution in [3.05, 3.63) is 449 Å². The highest BCUT2D eigenvalue weighted by molar-refractivity contribution is 6.27. The van der Waals surface area contributed by atoms with E-state index in [1.54, 1.807) is 0 Å². The number of hydrogen-bond acceptors (Lipinski definition) is 8. The summed E-state index contributed by atoms with van der Waals surface area (Å²) >= 11 is 0. The predicted molar refractivity (Wildman–Crippen MR) is 525 cm³/mol. The molecule has 0 saturated carbocycles. The lowest BCUT2D eigenvalue weighted by Gasteiger charge is -2.33. The summed E-state index contributed by atoms with van der Waals surface area (Å²) in [6.07, 6.45) is 0. The van der Waals surface area contributed by atoms with Crippen molar-refractivity contribution >= 4 is 99.3 Å². The van der Waals surface area contributed by atoms with Crippen molar-refractivity contribution < 1.29 is 9.47 Å². The molecule has 0 bridgehead atoms. The van der Waals surface area contributed by atoms with Crippen molar-refractivity contribution in [1.29, 1.82) is 0 Å².